The lowest BCUT2D eigenvalue weighted by atomic mass is 10.1. The highest BCUT2D eigenvalue weighted by atomic mass is 32.2. The number of carbonyl (C=O) groups is 1. The lowest BCUT2D eigenvalue weighted by Gasteiger charge is -2.19. The lowest BCUT2D eigenvalue weighted by Crippen LogP contribution is -2.35. The average Bonchev–Trinajstić information content (AvgIpc) is 3.17. The second kappa shape index (κ2) is 9.37. The van der Waals surface area contributed by atoms with E-state index >= 15 is 0 Å². The molecule has 0 radical (unpaired) electrons. The number of rotatable bonds is 8. The number of hydrogen-bond acceptors (Lipinski definition) is 5. The molecule has 27 heavy (non-hydrogen) atoms. The number of hydrogen-bond donors (Lipinski definition) is 1. The first-order valence-corrected chi connectivity index (χ1v) is 9.99. The van der Waals surface area contributed by atoms with Crippen LogP contribution in [-0.4, -0.2) is 21.3 Å². The summed E-state index contributed by atoms with van der Waals surface area (Å²) < 4.78 is 5.26. The maximum atomic E-state index is 12.6. The summed E-state index contributed by atoms with van der Waals surface area (Å²) in [5.41, 5.74) is 2.10. The lowest BCUT2D eigenvalue weighted by molar-refractivity contribution is -0.121. The molecule has 0 saturated heterocycles. The molecular formula is C21H23N3O2S. The van der Waals surface area contributed by atoms with Crippen molar-refractivity contribution < 1.29 is 9.32 Å². The molecule has 0 spiro atoms. The molecule has 3 rings (SSSR count). The van der Waals surface area contributed by atoms with Gasteiger partial charge in [-0.3, -0.25) is 4.79 Å². The Bertz CT molecular complexity index is 850. The van der Waals surface area contributed by atoms with Gasteiger partial charge in [-0.2, -0.15) is 4.98 Å². The molecule has 3 aromatic rings. The standard InChI is InChI=1S/C21H23N3O2S/c1-15(2)19(27-14-16-9-5-3-6-10-16)21(25)22-13-18-23-20(24-26-18)17-11-7-4-8-12-17/h3-12,15,19H,13-14H2,1-2H3,(H,22,25). The van der Waals surface area contributed by atoms with Crippen LogP contribution in [0, 0.1) is 5.92 Å². The van der Waals surface area contributed by atoms with Gasteiger partial charge in [0.05, 0.1) is 11.8 Å². The Kier molecular flexibility index (Phi) is 6.65. The monoisotopic (exact) mass is 381 g/mol. The van der Waals surface area contributed by atoms with Gasteiger partial charge in [-0.15, -0.1) is 11.8 Å². The molecule has 0 fully saturated rings. The van der Waals surface area contributed by atoms with E-state index in [1.54, 1.807) is 11.8 Å². The summed E-state index contributed by atoms with van der Waals surface area (Å²) in [5, 5.41) is 6.77. The van der Waals surface area contributed by atoms with Crippen molar-refractivity contribution in [3.63, 3.8) is 0 Å². The SMILES string of the molecule is CC(C)C(SCc1ccccc1)C(=O)NCc1nc(-c2ccccc2)no1. The van der Waals surface area contributed by atoms with Crippen LogP contribution >= 0.6 is 11.8 Å². The molecule has 1 N–H and O–H groups in total. The van der Waals surface area contributed by atoms with Crippen molar-refractivity contribution in [2.24, 2.45) is 5.92 Å². The average molecular weight is 382 g/mol. The Morgan fingerprint density at radius 3 is 2.41 bits per heavy atom. The summed E-state index contributed by atoms with van der Waals surface area (Å²) in [6.45, 7) is 4.35. The van der Waals surface area contributed by atoms with Gasteiger partial charge in [0.2, 0.25) is 17.6 Å². The predicted octanol–water partition coefficient (Wildman–Crippen LogP) is 4.31. The van der Waals surface area contributed by atoms with E-state index < -0.39 is 0 Å². The largest absolute Gasteiger partial charge is 0.346 e. The third kappa shape index (κ3) is 5.44. The third-order valence-corrected chi connectivity index (χ3v) is 5.67. The minimum Gasteiger partial charge on any atom is -0.346 e. The Hall–Kier alpha value is -2.60. The number of carbonyl (C=O) groups excluding carboxylic acids is 1. The van der Waals surface area contributed by atoms with Gasteiger partial charge in [-0.1, -0.05) is 79.7 Å². The predicted molar refractivity (Wildman–Crippen MR) is 108 cm³/mol. The van der Waals surface area contributed by atoms with Crippen LogP contribution in [0.2, 0.25) is 0 Å². The molecule has 1 unspecified atom stereocenters. The maximum absolute atomic E-state index is 12.6. The maximum Gasteiger partial charge on any atom is 0.246 e. The van der Waals surface area contributed by atoms with Crippen molar-refractivity contribution in [3.8, 4) is 11.4 Å². The van der Waals surface area contributed by atoms with Crippen molar-refractivity contribution in [1.82, 2.24) is 15.5 Å². The number of nitrogens with zero attached hydrogens (tertiary/aromatic N) is 2. The first-order chi connectivity index (χ1) is 13.1. The van der Waals surface area contributed by atoms with Crippen LogP contribution in [0.3, 0.4) is 0 Å². The van der Waals surface area contributed by atoms with Crippen molar-refractivity contribution in [1.29, 1.82) is 0 Å². The molecule has 2 aromatic carbocycles. The summed E-state index contributed by atoms with van der Waals surface area (Å²) in [6, 6.07) is 19.8. The Labute approximate surface area is 163 Å². The second-order valence-corrected chi connectivity index (χ2v) is 7.69. The molecule has 0 saturated carbocycles. The van der Waals surface area contributed by atoms with Crippen LogP contribution in [0.25, 0.3) is 11.4 Å². The Balaban J connectivity index is 1.55. The van der Waals surface area contributed by atoms with Gasteiger partial charge >= 0.3 is 0 Å². The van der Waals surface area contributed by atoms with E-state index in [1.807, 2.05) is 48.5 Å². The fraction of sp³-hybridized carbons (Fsp3) is 0.286. The highest BCUT2D eigenvalue weighted by Gasteiger charge is 2.23. The van der Waals surface area contributed by atoms with E-state index in [2.05, 4.69) is 41.4 Å². The van der Waals surface area contributed by atoms with E-state index in [0.29, 0.717) is 11.7 Å². The third-order valence-electron chi connectivity index (χ3n) is 4.05. The molecule has 0 bridgehead atoms. The van der Waals surface area contributed by atoms with Gasteiger partial charge in [0.15, 0.2) is 0 Å². The van der Waals surface area contributed by atoms with Crippen molar-refractivity contribution >= 4 is 17.7 Å². The van der Waals surface area contributed by atoms with Gasteiger partial charge in [0, 0.05) is 11.3 Å². The summed E-state index contributed by atoms with van der Waals surface area (Å²) in [6.07, 6.45) is 0. The highest BCUT2D eigenvalue weighted by Crippen LogP contribution is 2.24. The Morgan fingerprint density at radius 1 is 1.07 bits per heavy atom. The molecule has 0 aliphatic rings. The molecule has 1 aromatic heterocycles. The van der Waals surface area contributed by atoms with Crippen LogP contribution in [0.4, 0.5) is 0 Å². The minimum absolute atomic E-state index is 0.00890. The van der Waals surface area contributed by atoms with Crippen molar-refractivity contribution in [3.05, 3.63) is 72.1 Å². The fourth-order valence-corrected chi connectivity index (χ4v) is 3.81. The molecule has 0 aliphatic heterocycles. The topological polar surface area (TPSA) is 68.0 Å². The second-order valence-electron chi connectivity index (χ2n) is 6.56. The molecular weight excluding hydrogens is 358 g/mol. The summed E-state index contributed by atoms with van der Waals surface area (Å²) in [7, 11) is 0. The zero-order chi connectivity index (χ0) is 19.1. The van der Waals surface area contributed by atoms with Crippen LogP contribution in [-0.2, 0) is 17.1 Å². The molecule has 6 heteroatoms. The summed E-state index contributed by atoms with van der Waals surface area (Å²) in [5.74, 6) is 1.94. The quantitative estimate of drug-likeness (QED) is 0.630. The van der Waals surface area contributed by atoms with E-state index in [9.17, 15) is 4.79 Å². The number of benzene rings is 2. The van der Waals surface area contributed by atoms with Gasteiger partial charge in [-0.05, 0) is 11.5 Å². The number of amides is 1. The van der Waals surface area contributed by atoms with E-state index in [0.717, 1.165) is 11.3 Å². The zero-order valence-electron chi connectivity index (χ0n) is 15.5. The Morgan fingerprint density at radius 2 is 1.74 bits per heavy atom. The molecule has 0 aliphatic carbocycles. The van der Waals surface area contributed by atoms with Crippen molar-refractivity contribution in [2.75, 3.05) is 0 Å². The van der Waals surface area contributed by atoms with Gasteiger partial charge in [0.25, 0.3) is 0 Å². The summed E-state index contributed by atoms with van der Waals surface area (Å²) >= 11 is 1.65. The van der Waals surface area contributed by atoms with Crippen LogP contribution < -0.4 is 5.32 Å². The van der Waals surface area contributed by atoms with Gasteiger partial charge in [-0.25, -0.2) is 0 Å². The number of aromatic nitrogens is 2. The van der Waals surface area contributed by atoms with E-state index in [-0.39, 0.29) is 23.6 Å². The molecule has 1 heterocycles. The van der Waals surface area contributed by atoms with Gasteiger partial charge in [0.1, 0.15) is 0 Å². The normalized spacial score (nSPS) is 12.1. The van der Waals surface area contributed by atoms with Crippen LogP contribution in [0.5, 0.6) is 0 Å². The number of thioether (sulfide) groups is 1. The first-order valence-electron chi connectivity index (χ1n) is 8.94. The summed E-state index contributed by atoms with van der Waals surface area (Å²) in [4.78, 5) is 17.0. The smallest absolute Gasteiger partial charge is 0.246 e. The molecule has 1 atom stereocenters. The fourth-order valence-electron chi connectivity index (χ4n) is 2.63. The zero-order valence-corrected chi connectivity index (χ0v) is 16.3. The highest BCUT2D eigenvalue weighted by molar-refractivity contribution is 7.99. The number of nitrogens with one attached hydrogen (secondary N) is 1. The van der Waals surface area contributed by atoms with Gasteiger partial charge < -0.3 is 9.84 Å². The first kappa shape index (κ1) is 19.2. The van der Waals surface area contributed by atoms with Crippen LogP contribution in [0.15, 0.2) is 65.2 Å². The van der Waals surface area contributed by atoms with Crippen LogP contribution in [0.1, 0.15) is 25.3 Å². The molecule has 140 valence electrons. The molecule has 5 nitrogen and oxygen atoms in total. The van der Waals surface area contributed by atoms with E-state index in [4.69, 9.17) is 4.52 Å². The molecule has 1 amide bonds. The van der Waals surface area contributed by atoms with E-state index in [1.165, 1.54) is 5.56 Å². The minimum atomic E-state index is -0.137. The van der Waals surface area contributed by atoms with Crippen molar-refractivity contribution in [2.45, 2.75) is 31.4 Å².